The molecule has 2 aromatic heterocycles. The fraction of sp³-hybridized carbons (Fsp3) is 0.135. The topological polar surface area (TPSA) is 63.3 Å². The van der Waals surface area contributed by atoms with Crippen LogP contribution < -0.4 is 0 Å². The quantitative estimate of drug-likeness (QED) is 0.109. The van der Waals surface area contributed by atoms with Crippen LogP contribution in [0.2, 0.25) is 0 Å². The van der Waals surface area contributed by atoms with Gasteiger partial charge in [-0.15, -0.1) is 12.1 Å². The summed E-state index contributed by atoms with van der Waals surface area (Å²) in [5.74, 6) is 1.26. The zero-order chi connectivity index (χ0) is 28.9. The minimum atomic E-state index is -0.125. The third-order valence-electron chi connectivity index (χ3n) is 6.80. The molecule has 5 heteroatoms. The van der Waals surface area contributed by atoms with E-state index in [1.807, 2.05) is 30.5 Å². The molecule has 0 bridgehead atoms. The van der Waals surface area contributed by atoms with Gasteiger partial charge in [-0.25, -0.2) is 0 Å². The van der Waals surface area contributed by atoms with Crippen LogP contribution in [0, 0.1) is 6.07 Å². The number of nitrogens with zero attached hydrogens (tertiary/aromatic N) is 1. The third-order valence-corrected chi connectivity index (χ3v) is 6.80. The maximum atomic E-state index is 10.0. The molecule has 42 heavy (non-hydrogen) atoms. The largest absolute Gasteiger partial charge is 0.512 e. The van der Waals surface area contributed by atoms with Crippen molar-refractivity contribution >= 4 is 27.5 Å². The Kier molecular flexibility index (Phi) is 9.90. The van der Waals surface area contributed by atoms with Crippen molar-refractivity contribution in [1.29, 1.82) is 0 Å². The van der Waals surface area contributed by atoms with Crippen molar-refractivity contribution in [1.82, 2.24) is 4.98 Å². The number of ketones is 1. The first-order valence-electron chi connectivity index (χ1n) is 13.7. The molecule has 0 saturated heterocycles. The number of aliphatic hydroxyl groups is 1. The summed E-state index contributed by atoms with van der Waals surface area (Å²) in [5.41, 5.74) is 7.29. The molecule has 0 aliphatic heterocycles. The van der Waals surface area contributed by atoms with Gasteiger partial charge in [-0.05, 0) is 53.3 Å². The monoisotopic (exact) mass is 731 g/mol. The van der Waals surface area contributed by atoms with Crippen LogP contribution >= 0.6 is 0 Å². The summed E-state index contributed by atoms with van der Waals surface area (Å²) in [7, 11) is 0. The second kappa shape index (κ2) is 13.6. The maximum absolute atomic E-state index is 10.0. The van der Waals surface area contributed by atoms with E-state index in [1.54, 1.807) is 0 Å². The number of rotatable bonds is 5. The fourth-order valence-electron chi connectivity index (χ4n) is 4.84. The van der Waals surface area contributed by atoms with Crippen molar-refractivity contribution in [2.75, 3.05) is 0 Å². The molecule has 0 amide bonds. The van der Waals surface area contributed by atoms with E-state index in [1.165, 1.54) is 30.9 Å². The molecule has 6 rings (SSSR count). The molecule has 1 N–H and O–H groups in total. The van der Waals surface area contributed by atoms with Crippen LogP contribution in [0.3, 0.4) is 0 Å². The standard InChI is InChI=1S/C32H24NO.C5H8O2.Ir/c1-21(2)24-13-14-28-25(17-24)15-16-33-31(28)26-18-27-20-30(23-11-7-4-8-12-23)34-32(27)29(19-26)22-9-5-3-6-10-22;1-4(6)3-5(2)7;/h3-17,19-21H,1-2H3;3,6H,1-2H3;/q-1;;/b;4-3-;. The van der Waals surface area contributed by atoms with E-state index in [2.05, 4.69) is 92.7 Å². The van der Waals surface area contributed by atoms with Gasteiger partial charge in [-0.3, -0.25) is 9.78 Å². The predicted molar refractivity (Wildman–Crippen MR) is 168 cm³/mol. The Hall–Kier alpha value is -4.31. The van der Waals surface area contributed by atoms with Crippen molar-refractivity contribution in [3.8, 4) is 33.7 Å². The minimum Gasteiger partial charge on any atom is -0.512 e. The molecule has 6 aromatic rings. The predicted octanol–water partition coefficient (Wildman–Crippen LogP) is 9.94. The molecule has 0 saturated carbocycles. The van der Waals surface area contributed by atoms with Gasteiger partial charge in [0.2, 0.25) is 0 Å². The molecule has 2 heterocycles. The van der Waals surface area contributed by atoms with Crippen LogP contribution in [0.5, 0.6) is 0 Å². The first-order valence-corrected chi connectivity index (χ1v) is 13.7. The minimum absolute atomic E-state index is 0. The Balaban J connectivity index is 0.000000454. The molecular formula is C37H32IrNO3-. The van der Waals surface area contributed by atoms with Crippen LogP contribution in [-0.4, -0.2) is 15.9 Å². The molecule has 4 aromatic carbocycles. The van der Waals surface area contributed by atoms with Crippen molar-refractivity contribution in [3.63, 3.8) is 0 Å². The second-order valence-electron chi connectivity index (χ2n) is 10.4. The molecule has 4 nitrogen and oxygen atoms in total. The van der Waals surface area contributed by atoms with Gasteiger partial charge in [0.05, 0.1) is 17.1 Å². The SMILES string of the molecule is CC(=O)/C=C(/C)O.CC(C)c1ccc2c(-c3[c-]c4cc(-c5ccccc5)oc4c(-c4ccccc4)c3)nccc2c1.[Ir]. The van der Waals surface area contributed by atoms with Crippen molar-refractivity contribution in [2.45, 2.75) is 33.6 Å². The molecule has 1 radical (unpaired) electrons. The number of hydrogen-bond acceptors (Lipinski definition) is 4. The Bertz CT molecular complexity index is 1850. The molecular weight excluding hydrogens is 699 g/mol. The van der Waals surface area contributed by atoms with Gasteiger partial charge in [0.25, 0.3) is 0 Å². The van der Waals surface area contributed by atoms with Crippen LogP contribution in [0.15, 0.2) is 120 Å². The number of aliphatic hydroxyl groups excluding tert-OH is 1. The van der Waals surface area contributed by atoms with E-state index >= 15 is 0 Å². The second-order valence-corrected chi connectivity index (χ2v) is 10.4. The summed E-state index contributed by atoms with van der Waals surface area (Å²) in [5, 5.41) is 11.6. The number of carbonyl (C=O) groups excluding carboxylic acids is 1. The fourth-order valence-corrected chi connectivity index (χ4v) is 4.84. The van der Waals surface area contributed by atoms with Crippen molar-refractivity contribution in [2.24, 2.45) is 0 Å². The zero-order valence-corrected chi connectivity index (χ0v) is 26.4. The average molecular weight is 731 g/mol. The smallest absolute Gasteiger partial charge is 0.155 e. The van der Waals surface area contributed by atoms with E-state index in [4.69, 9.17) is 14.5 Å². The normalized spacial score (nSPS) is 11.2. The van der Waals surface area contributed by atoms with Gasteiger partial charge < -0.3 is 9.52 Å². The van der Waals surface area contributed by atoms with Crippen LogP contribution in [0.4, 0.5) is 0 Å². The Morgan fingerprint density at radius 1 is 0.881 bits per heavy atom. The Morgan fingerprint density at radius 3 is 2.14 bits per heavy atom. The summed E-state index contributed by atoms with van der Waals surface area (Å²) < 4.78 is 6.41. The van der Waals surface area contributed by atoms with Gasteiger partial charge in [0.15, 0.2) is 5.78 Å². The van der Waals surface area contributed by atoms with Gasteiger partial charge in [-0.1, -0.05) is 110 Å². The molecule has 0 atom stereocenters. The third kappa shape index (κ3) is 6.94. The number of carbonyl (C=O) groups is 1. The average Bonchev–Trinajstić information content (AvgIpc) is 3.41. The van der Waals surface area contributed by atoms with Crippen molar-refractivity contribution in [3.05, 3.63) is 127 Å². The number of hydrogen-bond donors (Lipinski definition) is 1. The number of pyridine rings is 1. The van der Waals surface area contributed by atoms with E-state index < -0.39 is 0 Å². The molecule has 0 aliphatic carbocycles. The summed E-state index contributed by atoms with van der Waals surface area (Å²) in [6, 6.07) is 37.2. The number of fused-ring (bicyclic) bond motifs is 2. The van der Waals surface area contributed by atoms with Crippen molar-refractivity contribution < 1.29 is 34.4 Å². The van der Waals surface area contributed by atoms with Crippen LogP contribution in [0.1, 0.15) is 39.2 Å². The van der Waals surface area contributed by atoms with E-state index in [0.29, 0.717) is 5.92 Å². The number of furan rings is 1. The zero-order valence-electron chi connectivity index (χ0n) is 24.0. The van der Waals surface area contributed by atoms with E-state index in [9.17, 15) is 4.79 Å². The molecule has 0 aliphatic rings. The number of benzene rings is 4. The molecule has 0 spiro atoms. The summed E-state index contributed by atoms with van der Waals surface area (Å²) in [4.78, 5) is 14.8. The van der Waals surface area contributed by atoms with E-state index in [0.717, 1.165) is 50.1 Å². The summed E-state index contributed by atoms with van der Waals surface area (Å²) >= 11 is 0. The Morgan fingerprint density at radius 2 is 1.55 bits per heavy atom. The van der Waals surface area contributed by atoms with E-state index in [-0.39, 0.29) is 31.6 Å². The van der Waals surface area contributed by atoms with Gasteiger partial charge >= 0.3 is 0 Å². The maximum Gasteiger partial charge on any atom is 0.155 e. The number of aromatic nitrogens is 1. The summed E-state index contributed by atoms with van der Waals surface area (Å²) in [6.45, 7) is 7.29. The Labute approximate surface area is 260 Å². The molecule has 0 unspecified atom stereocenters. The first-order chi connectivity index (χ1) is 19.8. The molecule has 213 valence electrons. The molecule has 0 fully saturated rings. The van der Waals surface area contributed by atoms with Gasteiger partial charge in [0, 0.05) is 43.6 Å². The van der Waals surface area contributed by atoms with Crippen LogP contribution in [-0.2, 0) is 24.9 Å². The number of allylic oxidation sites excluding steroid dienone is 2. The van der Waals surface area contributed by atoms with Gasteiger partial charge in [0.1, 0.15) is 0 Å². The van der Waals surface area contributed by atoms with Crippen LogP contribution in [0.25, 0.3) is 55.4 Å². The summed E-state index contributed by atoms with van der Waals surface area (Å²) in [6.07, 6.45) is 3.06. The first kappa shape index (κ1) is 30.6. The van der Waals surface area contributed by atoms with Gasteiger partial charge in [-0.2, -0.15) is 0 Å².